The van der Waals surface area contributed by atoms with Crippen molar-refractivity contribution in [3.05, 3.63) is 35.4 Å². The topological polar surface area (TPSA) is 77.0 Å². The molecule has 0 aliphatic carbocycles. The van der Waals surface area contributed by atoms with Crippen molar-refractivity contribution in [2.45, 2.75) is 52.1 Å². The number of piperidine rings is 2. The lowest BCUT2D eigenvalue weighted by Gasteiger charge is -2.30. The molecular weight excluding hydrogens is 410 g/mol. The molecule has 0 bridgehead atoms. The Balaban J connectivity index is 1.45. The van der Waals surface area contributed by atoms with Gasteiger partial charge in [0.05, 0.1) is 12.8 Å². The molecule has 31 heavy (non-hydrogen) atoms. The maximum absolute atomic E-state index is 11.7. The molecule has 1 aromatic carbocycles. The van der Waals surface area contributed by atoms with Gasteiger partial charge >= 0.3 is 0 Å². The Morgan fingerprint density at radius 3 is 2.26 bits per heavy atom. The van der Waals surface area contributed by atoms with Gasteiger partial charge in [0.1, 0.15) is 0 Å². The van der Waals surface area contributed by atoms with Crippen LogP contribution in [0.3, 0.4) is 0 Å². The molecule has 0 amide bonds. The highest BCUT2D eigenvalue weighted by Gasteiger charge is 2.24. The molecule has 0 aromatic heterocycles. The number of nitrogens with one attached hydrogen (secondary N) is 2. The van der Waals surface area contributed by atoms with Crippen molar-refractivity contribution in [3.8, 4) is 0 Å². The molecule has 2 heterocycles. The number of benzene rings is 1. The molecular formula is C23H39N5O2S. The Morgan fingerprint density at radius 1 is 1.00 bits per heavy atom. The highest BCUT2D eigenvalue weighted by Crippen LogP contribution is 2.18. The van der Waals surface area contributed by atoms with Gasteiger partial charge in [0.2, 0.25) is 10.0 Å². The predicted octanol–water partition coefficient (Wildman–Crippen LogP) is 2.40. The number of guanidine groups is 1. The summed E-state index contributed by atoms with van der Waals surface area (Å²) in [6, 6.07) is 8.84. The van der Waals surface area contributed by atoms with Gasteiger partial charge in [-0.15, -0.1) is 0 Å². The molecule has 8 heteroatoms. The molecule has 1 aromatic rings. The highest BCUT2D eigenvalue weighted by molar-refractivity contribution is 7.88. The Morgan fingerprint density at radius 2 is 1.65 bits per heavy atom. The average Bonchev–Trinajstić information content (AvgIpc) is 2.77. The summed E-state index contributed by atoms with van der Waals surface area (Å²) in [4.78, 5) is 7.29. The number of likely N-dealkylation sites (tertiary alicyclic amines) is 1. The van der Waals surface area contributed by atoms with Crippen LogP contribution in [0.1, 0.15) is 50.2 Å². The summed E-state index contributed by atoms with van der Waals surface area (Å²) < 4.78 is 24.9. The van der Waals surface area contributed by atoms with Crippen molar-refractivity contribution in [3.63, 3.8) is 0 Å². The summed E-state index contributed by atoms with van der Waals surface area (Å²) >= 11 is 0. The molecule has 2 fully saturated rings. The number of rotatable bonds is 8. The van der Waals surface area contributed by atoms with Crippen LogP contribution in [0.4, 0.5) is 0 Å². The quantitative estimate of drug-likeness (QED) is 0.471. The zero-order chi connectivity index (χ0) is 22.1. The van der Waals surface area contributed by atoms with Gasteiger partial charge in [0.25, 0.3) is 0 Å². The summed E-state index contributed by atoms with van der Waals surface area (Å²) in [6.45, 7) is 9.06. The monoisotopic (exact) mass is 449 g/mol. The second-order valence-electron chi connectivity index (χ2n) is 8.83. The fraction of sp³-hybridized carbons (Fsp3) is 0.696. The lowest BCUT2D eigenvalue weighted by molar-refractivity contribution is 0.221. The second-order valence-corrected chi connectivity index (χ2v) is 10.8. The molecule has 2 aliphatic rings. The normalized spacial score (nSPS) is 20.0. The van der Waals surface area contributed by atoms with E-state index in [1.54, 1.807) is 4.31 Å². The van der Waals surface area contributed by atoms with E-state index in [2.05, 4.69) is 46.7 Å². The van der Waals surface area contributed by atoms with E-state index in [4.69, 9.17) is 4.99 Å². The summed E-state index contributed by atoms with van der Waals surface area (Å²) in [5.74, 6) is 1.29. The van der Waals surface area contributed by atoms with Crippen LogP contribution in [-0.4, -0.2) is 69.1 Å². The molecule has 2 N–H and O–H groups in total. The van der Waals surface area contributed by atoms with Gasteiger partial charge in [-0.25, -0.2) is 17.7 Å². The smallest absolute Gasteiger partial charge is 0.211 e. The summed E-state index contributed by atoms with van der Waals surface area (Å²) in [5.41, 5.74) is 2.58. The van der Waals surface area contributed by atoms with Crippen LogP contribution in [0.15, 0.2) is 29.3 Å². The molecule has 174 valence electrons. The third-order valence-electron chi connectivity index (χ3n) is 6.24. The van der Waals surface area contributed by atoms with E-state index < -0.39 is 10.0 Å². The first kappa shape index (κ1) is 24.0. The van der Waals surface area contributed by atoms with E-state index in [9.17, 15) is 8.42 Å². The van der Waals surface area contributed by atoms with Crippen LogP contribution in [0.25, 0.3) is 0 Å². The third-order valence-corrected chi connectivity index (χ3v) is 7.55. The van der Waals surface area contributed by atoms with E-state index in [0.29, 0.717) is 25.6 Å². The number of hydrogen-bond acceptors (Lipinski definition) is 4. The minimum absolute atomic E-state index is 0.468. The molecule has 3 rings (SSSR count). The second kappa shape index (κ2) is 11.8. The van der Waals surface area contributed by atoms with E-state index in [0.717, 1.165) is 38.4 Å². The first-order valence-electron chi connectivity index (χ1n) is 11.7. The minimum Gasteiger partial charge on any atom is -0.357 e. The first-order chi connectivity index (χ1) is 14.9. The van der Waals surface area contributed by atoms with Crippen LogP contribution in [0.5, 0.6) is 0 Å². The summed E-state index contributed by atoms with van der Waals surface area (Å²) in [6.07, 6.45) is 7.08. The van der Waals surface area contributed by atoms with Gasteiger partial charge in [0.15, 0.2) is 5.96 Å². The van der Waals surface area contributed by atoms with Gasteiger partial charge in [-0.2, -0.15) is 0 Å². The van der Waals surface area contributed by atoms with Crippen LogP contribution in [0.2, 0.25) is 0 Å². The van der Waals surface area contributed by atoms with Gasteiger partial charge < -0.3 is 10.6 Å². The lowest BCUT2D eigenvalue weighted by atomic mass is 9.98. The number of nitrogens with zero attached hydrogens (tertiary/aromatic N) is 3. The third kappa shape index (κ3) is 8.09. The highest BCUT2D eigenvalue weighted by atomic mass is 32.2. The number of sulfonamides is 1. The summed E-state index contributed by atoms with van der Waals surface area (Å²) in [7, 11) is -3.07. The van der Waals surface area contributed by atoms with Crippen molar-refractivity contribution >= 4 is 16.0 Å². The molecule has 7 nitrogen and oxygen atoms in total. The molecule has 2 aliphatic heterocycles. The van der Waals surface area contributed by atoms with Crippen LogP contribution < -0.4 is 10.6 Å². The van der Waals surface area contributed by atoms with Gasteiger partial charge in [-0.05, 0) is 62.7 Å². The van der Waals surface area contributed by atoms with Gasteiger partial charge in [-0.1, -0.05) is 30.7 Å². The minimum atomic E-state index is -3.07. The van der Waals surface area contributed by atoms with E-state index in [1.165, 1.54) is 49.7 Å². The van der Waals surface area contributed by atoms with Crippen molar-refractivity contribution in [1.29, 1.82) is 0 Å². The Kier molecular flexibility index (Phi) is 9.16. The van der Waals surface area contributed by atoms with Gasteiger partial charge in [0, 0.05) is 32.7 Å². The Hall–Kier alpha value is -1.64. The average molecular weight is 450 g/mol. The maximum atomic E-state index is 11.7. The molecule has 0 saturated carbocycles. The zero-order valence-corrected chi connectivity index (χ0v) is 20.0. The number of hydrogen-bond donors (Lipinski definition) is 2. The van der Waals surface area contributed by atoms with Gasteiger partial charge in [-0.3, -0.25) is 4.90 Å². The fourth-order valence-corrected chi connectivity index (χ4v) is 5.20. The molecule has 0 atom stereocenters. The lowest BCUT2D eigenvalue weighted by Crippen LogP contribution is -2.44. The fourth-order valence-electron chi connectivity index (χ4n) is 4.32. The predicted molar refractivity (Wildman–Crippen MR) is 128 cm³/mol. The Labute approximate surface area is 188 Å². The standard InChI is InChI=1S/C23H39N5O2S/c1-3-24-23(26-18-21-11-15-28(16-12-21)31(2,29)30)25-17-20-7-9-22(10-8-20)19-27-13-5-4-6-14-27/h7-10,21H,3-6,11-19H2,1-2H3,(H2,24,25,26). The van der Waals surface area contributed by atoms with Crippen LogP contribution in [0, 0.1) is 5.92 Å². The number of aliphatic imine (C=N–C) groups is 1. The van der Waals surface area contributed by atoms with E-state index in [1.807, 2.05) is 0 Å². The molecule has 0 spiro atoms. The van der Waals surface area contributed by atoms with Crippen LogP contribution in [-0.2, 0) is 23.1 Å². The summed E-state index contributed by atoms with van der Waals surface area (Å²) in [5, 5.41) is 6.76. The zero-order valence-electron chi connectivity index (χ0n) is 19.1. The molecule has 0 unspecified atom stereocenters. The molecule has 2 saturated heterocycles. The van der Waals surface area contributed by atoms with E-state index >= 15 is 0 Å². The van der Waals surface area contributed by atoms with Crippen LogP contribution >= 0.6 is 0 Å². The maximum Gasteiger partial charge on any atom is 0.211 e. The van der Waals surface area contributed by atoms with Crippen molar-refractivity contribution in [2.24, 2.45) is 10.9 Å². The first-order valence-corrected chi connectivity index (χ1v) is 13.6. The van der Waals surface area contributed by atoms with E-state index in [-0.39, 0.29) is 0 Å². The molecule has 0 radical (unpaired) electrons. The van der Waals surface area contributed by atoms with Crippen molar-refractivity contribution in [1.82, 2.24) is 19.8 Å². The van der Waals surface area contributed by atoms with Crippen molar-refractivity contribution in [2.75, 3.05) is 45.5 Å². The Bertz CT molecular complexity index is 796. The SMILES string of the molecule is CCNC(=NCc1ccc(CN2CCCCC2)cc1)NCC1CCN(S(C)(=O)=O)CC1. The largest absolute Gasteiger partial charge is 0.357 e. The van der Waals surface area contributed by atoms with Crippen molar-refractivity contribution < 1.29 is 8.42 Å².